The van der Waals surface area contributed by atoms with Crippen molar-refractivity contribution in [3.8, 4) is 11.5 Å². The maximum Gasteiger partial charge on any atom is 0.250 e. The van der Waals surface area contributed by atoms with Gasteiger partial charge in [-0.2, -0.15) is 0 Å². The second-order valence-corrected chi connectivity index (χ2v) is 8.76. The topological polar surface area (TPSA) is 60.5 Å². The lowest BCUT2D eigenvalue weighted by molar-refractivity contribution is -0.111. The quantitative estimate of drug-likeness (QED) is 0.450. The maximum absolute atomic E-state index is 12.3. The lowest BCUT2D eigenvalue weighted by Crippen LogP contribution is -2.07. The Morgan fingerprint density at radius 2 is 1.97 bits per heavy atom. The van der Waals surface area contributed by atoms with Crippen LogP contribution in [-0.2, 0) is 24.2 Å². The van der Waals surface area contributed by atoms with Gasteiger partial charge in [-0.15, -0.1) is 11.3 Å². The molecule has 0 saturated carbocycles. The molecule has 1 heterocycles. The lowest BCUT2D eigenvalue weighted by Gasteiger charge is -2.11. The molecule has 1 N–H and O–H groups in total. The molecule has 0 atom stereocenters. The molecule has 3 aromatic rings. The molecule has 0 fully saturated rings. The first kappa shape index (κ1) is 21.4. The molecule has 31 heavy (non-hydrogen) atoms. The van der Waals surface area contributed by atoms with Crippen LogP contribution in [0.15, 0.2) is 48.5 Å². The smallest absolute Gasteiger partial charge is 0.250 e. The van der Waals surface area contributed by atoms with E-state index in [1.807, 2.05) is 42.5 Å². The number of carbonyl (C=O) groups excluding carboxylic acids is 1. The van der Waals surface area contributed by atoms with Gasteiger partial charge in [-0.1, -0.05) is 29.8 Å². The number of nitrogens with one attached hydrogen (secondary N) is 1. The Bertz CT molecular complexity index is 1070. The number of ether oxygens (including phenoxy) is 2. The first-order chi connectivity index (χ1) is 15.1. The average Bonchev–Trinajstić information content (AvgIpc) is 3.19. The van der Waals surface area contributed by atoms with Gasteiger partial charge in [-0.3, -0.25) is 10.1 Å². The number of carbonyl (C=O) groups is 1. The zero-order valence-corrected chi connectivity index (χ0v) is 18.8. The summed E-state index contributed by atoms with van der Waals surface area (Å²) in [6, 6.07) is 13.1. The molecule has 1 aliphatic rings. The minimum absolute atomic E-state index is 0.201. The number of benzene rings is 2. The predicted octanol–water partition coefficient (Wildman–Crippen LogP) is 5.91. The van der Waals surface area contributed by atoms with Crippen LogP contribution in [-0.4, -0.2) is 18.0 Å². The molecule has 0 saturated heterocycles. The molecule has 0 unspecified atom stereocenters. The van der Waals surface area contributed by atoms with E-state index in [1.165, 1.54) is 23.8 Å². The minimum Gasteiger partial charge on any atom is -0.493 e. The Morgan fingerprint density at radius 3 is 2.74 bits per heavy atom. The van der Waals surface area contributed by atoms with Gasteiger partial charge < -0.3 is 9.47 Å². The Labute approximate surface area is 190 Å². The number of amides is 1. The number of fused-ring (bicyclic) bond motifs is 1. The highest BCUT2D eigenvalue weighted by Gasteiger charge is 2.15. The number of thiazole rings is 1. The molecule has 2 aromatic carbocycles. The summed E-state index contributed by atoms with van der Waals surface area (Å²) >= 11 is 7.49. The van der Waals surface area contributed by atoms with Gasteiger partial charge in [0.05, 0.1) is 12.8 Å². The molecule has 0 radical (unpaired) electrons. The summed E-state index contributed by atoms with van der Waals surface area (Å²) < 4.78 is 11.3. The van der Waals surface area contributed by atoms with Crippen molar-refractivity contribution >= 4 is 40.1 Å². The number of halogens is 1. The number of rotatable bonds is 7. The van der Waals surface area contributed by atoms with Gasteiger partial charge in [-0.05, 0) is 67.2 Å². The van der Waals surface area contributed by atoms with Crippen molar-refractivity contribution in [1.29, 1.82) is 0 Å². The van der Waals surface area contributed by atoms with Crippen molar-refractivity contribution in [2.45, 2.75) is 32.3 Å². The monoisotopic (exact) mass is 454 g/mol. The number of aryl methyl sites for hydroxylation is 2. The second kappa shape index (κ2) is 9.98. The van der Waals surface area contributed by atoms with E-state index in [4.69, 9.17) is 21.1 Å². The third-order valence-electron chi connectivity index (χ3n) is 5.00. The molecule has 1 amide bonds. The van der Waals surface area contributed by atoms with Gasteiger partial charge in [0.1, 0.15) is 6.61 Å². The molecule has 160 valence electrons. The predicted molar refractivity (Wildman–Crippen MR) is 125 cm³/mol. The van der Waals surface area contributed by atoms with Crippen LogP contribution in [0.4, 0.5) is 5.13 Å². The number of nitrogens with zero attached hydrogens (tertiary/aromatic N) is 1. The molecular weight excluding hydrogens is 432 g/mol. The van der Waals surface area contributed by atoms with E-state index < -0.39 is 0 Å². The zero-order chi connectivity index (χ0) is 21.6. The van der Waals surface area contributed by atoms with Gasteiger partial charge >= 0.3 is 0 Å². The summed E-state index contributed by atoms with van der Waals surface area (Å²) in [4.78, 5) is 18.1. The van der Waals surface area contributed by atoms with E-state index >= 15 is 0 Å². The third-order valence-corrected chi connectivity index (χ3v) is 6.32. The molecule has 5 nitrogen and oxygen atoms in total. The largest absolute Gasteiger partial charge is 0.493 e. The number of aromatic nitrogens is 1. The van der Waals surface area contributed by atoms with Crippen molar-refractivity contribution in [2.24, 2.45) is 0 Å². The van der Waals surface area contributed by atoms with Crippen LogP contribution < -0.4 is 14.8 Å². The third kappa shape index (κ3) is 5.66. The van der Waals surface area contributed by atoms with Gasteiger partial charge in [0.15, 0.2) is 16.6 Å². The zero-order valence-electron chi connectivity index (χ0n) is 17.2. The van der Waals surface area contributed by atoms with Crippen molar-refractivity contribution in [1.82, 2.24) is 4.98 Å². The molecule has 0 spiro atoms. The summed E-state index contributed by atoms with van der Waals surface area (Å²) in [7, 11) is 1.59. The first-order valence-electron chi connectivity index (χ1n) is 10.1. The fourth-order valence-corrected chi connectivity index (χ4v) is 4.55. The summed E-state index contributed by atoms with van der Waals surface area (Å²) in [5, 5.41) is 4.23. The van der Waals surface area contributed by atoms with Crippen LogP contribution in [0.1, 0.15) is 34.5 Å². The summed E-state index contributed by atoms with van der Waals surface area (Å²) in [5.74, 6) is 1.03. The van der Waals surface area contributed by atoms with Crippen LogP contribution in [0, 0.1) is 0 Å². The van der Waals surface area contributed by atoms with Crippen molar-refractivity contribution in [3.63, 3.8) is 0 Å². The Kier molecular flexibility index (Phi) is 6.89. The number of anilines is 1. The molecule has 4 rings (SSSR count). The van der Waals surface area contributed by atoms with Crippen LogP contribution in [0.2, 0.25) is 5.02 Å². The maximum atomic E-state index is 12.3. The van der Waals surface area contributed by atoms with E-state index in [9.17, 15) is 4.79 Å². The molecular formula is C24H23ClN2O3S. The summed E-state index contributed by atoms with van der Waals surface area (Å²) in [6.07, 6.45) is 7.68. The highest BCUT2D eigenvalue weighted by Crippen LogP contribution is 2.31. The van der Waals surface area contributed by atoms with E-state index in [0.717, 1.165) is 29.7 Å². The van der Waals surface area contributed by atoms with E-state index in [0.29, 0.717) is 28.3 Å². The van der Waals surface area contributed by atoms with Gasteiger partial charge in [0.2, 0.25) is 5.91 Å². The van der Waals surface area contributed by atoms with Crippen LogP contribution >= 0.6 is 22.9 Å². The fraction of sp³-hybridized carbons (Fsp3) is 0.250. The van der Waals surface area contributed by atoms with Crippen molar-refractivity contribution in [3.05, 3.63) is 75.3 Å². The van der Waals surface area contributed by atoms with Crippen LogP contribution in [0.5, 0.6) is 11.5 Å². The summed E-state index contributed by atoms with van der Waals surface area (Å²) in [5.41, 5.74) is 2.98. The molecule has 0 aliphatic heterocycles. The molecule has 1 aliphatic carbocycles. The SMILES string of the molecule is COc1cc(/C=C/C(=O)Nc2nc3c(s2)CCCC3)ccc1OCc1ccc(Cl)cc1. The van der Waals surface area contributed by atoms with Gasteiger partial charge in [0, 0.05) is 16.0 Å². The Morgan fingerprint density at radius 1 is 1.16 bits per heavy atom. The lowest BCUT2D eigenvalue weighted by atomic mass is 10.0. The van der Waals surface area contributed by atoms with E-state index in [1.54, 1.807) is 24.5 Å². The van der Waals surface area contributed by atoms with E-state index in [2.05, 4.69) is 10.3 Å². The van der Waals surface area contributed by atoms with Crippen LogP contribution in [0.3, 0.4) is 0 Å². The van der Waals surface area contributed by atoms with E-state index in [-0.39, 0.29) is 5.91 Å². The Hall–Kier alpha value is -2.83. The highest BCUT2D eigenvalue weighted by atomic mass is 35.5. The first-order valence-corrected chi connectivity index (χ1v) is 11.3. The molecule has 0 bridgehead atoms. The standard InChI is InChI=1S/C24H23ClN2O3S/c1-29-21-14-16(8-12-20(21)30-15-17-6-10-18(25)11-7-17)9-13-23(28)27-24-26-19-4-2-3-5-22(19)31-24/h6-14H,2-5,15H2,1H3,(H,26,27,28)/b13-9+. The normalized spacial score (nSPS) is 13.1. The summed E-state index contributed by atoms with van der Waals surface area (Å²) in [6.45, 7) is 0.406. The van der Waals surface area contributed by atoms with Gasteiger partial charge in [-0.25, -0.2) is 4.98 Å². The average molecular weight is 455 g/mol. The van der Waals surface area contributed by atoms with Crippen LogP contribution in [0.25, 0.3) is 6.08 Å². The highest BCUT2D eigenvalue weighted by molar-refractivity contribution is 7.15. The second-order valence-electron chi connectivity index (χ2n) is 7.24. The van der Waals surface area contributed by atoms with Crippen molar-refractivity contribution in [2.75, 3.05) is 12.4 Å². The molecule has 1 aromatic heterocycles. The fourth-order valence-electron chi connectivity index (χ4n) is 3.37. The number of methoxy groups -OCH3 is 1. The Balaban J connectivity index is 1.37. The minimum atomic E-state index is -0.201. The van der Waals surface area contributed by atoms with Crippen molar-refractivity contribution < 1.29 is 14.3 Å². The number of hydrogen-bond donors (Lipinski definition) is 1. The number of hydrogen-bond acceptors (Lipinski definition) is 5. The molecule has 7 heteroatoms. The van der Waals surface area contributed by atoms with Gasteiger partial charge in [0.25, 0.3) is 0 Å².